The minimum absolute atomic E-state index is 0.321. The van der Waals surface area contributed by atoms with Crippen molar-refractivity contribution in [2.24, 2.45) is 0 Å². The molecule has 12 nitrogen and oxygen atoms in total. The Morgan fingerprint density at radius 2 is 1.88 bits per heavy atom. The number of phenolic OH excluding ortho intramolecular Hbond substituents is 2. The van der Waals surface area contributed by atoms with E-state index in [1.54, 1.807) is 0 Å². The van der Waals surface area contributed by atoms with Gasteiger partial charge < -0.3 is 55.1 Å². The molecular formula is C20H28O12. The number of esters is 1. The van der Waals surface area contributed by atoms with Crippen LogP contribution in [0.3, 0.4) is 0 Å². The summed E-state index contributed by atoms with van der Waals surface area (Å²) in [5.41, 5.74) is -1.48. The zero-order chi connectivity index (χ0) is 24.1. The van der Waals surface area contributed by atoms with Crippen LogP contribution in [0.2, 0.25) is 0 Å². The van der Waals surface area contributed by atoms with Gasteiger partial charge in [-0.3, -0.25) is 0 Å². The molecule has 7 atom stereocenters. The molecule has 1 aromatic rings. The largest absolute Gasteiger partial charge is 0.504 e. The Kier molecular flexibility index (Phi) is 8.95. The minimum atomic E-state index is -1.88. The van der Waals surface area contributed by atoms with Gasteiger partial charge in [0.05, 0.1) is 13.2 Å². The van der Waals surface area contributed by atoms with Gasteiger partial charge in [-0.25, -0.2) is 4.79 Å². The third kappa shape index (κ3) is 6.60. The second kappa shape index (κ2) is 11.0. The molecule has 0 spiro atoms. The van der Waals surface area contributed by atoms with Crippen LogP contribution in [0.1, 0.15) is 12.5 Å². The van der Waals surface area contributed by atoms with E-state index in [9.17, 15) is 40.5 Å². The maximum atomic E-state index is 11.9. The lowest BCUT2D eigenvalue weighted by Crippen LogP contribution is -2.60. The van der Waals surface area contributed by atoms with Crippen LogP contribution in [0.4, 0.5) is 0 Å². The number of carbonyl (C=O) groups excluding carboxylic acids is 1. The van der Waals surface area contributed by atoms with E-state index in [4.69, 9.17) is 19.3 Å². The number of rotatable bonds is 9. The van der Waals surface area contributed by atoms with Gasteiger partial charge in [-0.1, -0.05) is 6.07 Å². The first kappa shape index (κ1) is 26.0. The van der Waals surface area contributed by atoms with Gasteiger partial charge in [-0.2, -0.15) is 0 Å². The van der Waals surface area contributed by atoms with Gasteiger partial charge in [0.25, 0.3) is 0 Å². The number of hydrogen-bond donors (Lipinski definition) is 8. The van der Waals surface area contributed by atoms with E-state index in [0.717, 1.165) is 13.0 Å². The Balaban J connectivity index is 1.92. The predicted octanol–water partition coefficient (Wildman–Crippen LogP) is -2.42. The molecule has 1 saturated heterocycles. The maximum Gasteiger partial charge on any atom is 0.330 e. The van der Waals surface area contributed by atoms with E-state index in [2.05, 4.69) is 0 Å². The lowest BCUT2D eigenvalue weighted by atomic mass is 9.99. The van der Waals surface area contributed by atoms with Crippen molar-refractivity contribution in [3.63, 3.8) is 0 Å². The van der Waals surface area contributed by atoms with Crippen LogP contribution in [-0.4, -0.2) is 109 Å². The summed E-state index contributed by atoms with van der Waals surface area (Å²) in [5, 5.41) is 77.5. The SMILES string of the molecule is CC(O)(CO)C(O)COC1OC(COC(=O)C=Cc2ccc(O)c(O)c2)C(O)C(O)C1O. The molecule has 0 radical (unpaired) electrons. The molecule has 2 rings (SSSR count). The predicted molar refractivity (Wildman–Crippen MR) is 106 cm³/mol. The maximum absolute atomic E-state index is 11.9. The standard InChI is InChI=1S/C20H28O12/c1-20(29,9-21)14(24)8-31-19-18(28)17(27)16(26)13(32-19)7-30-15(25)5-3-10-2-4-11(22)12(23)6-10/h2-6,13-14,16-19,21-24,26-29H,7-9H2,1H3. The molecule has 32 heavy (non-hydrogen) atoms. The number of phenols is 2. The third-order valence-corrected chi connectivity index (χ3v) is 4.93. The van der Waals surface area contributed by atoms with Gasteiger partial charge >= 0.3 is 5.97 Å². The van der Waals surface area contributed by atoms with Crippen LogP contribution >= 0.6 is 0 Å². The van der Waals surface area contributed by atoms with Crippen LogP contribution in [0.5, 0.6) is 11.5 Å². The zero-order valence-corrected chi connectivity index (χ0v) is 17.2. The van der Waals surface area contributed by atoms with Crippen molar-refractivity contribution in [2.75, 3.05) is 19.8 Å². The molecule has 1 heterocycles. The summed E-state index contributed by atoms with van der Waals surface area (Å²) in [6, 6.07) is 3.89. The van der Waals surface area contributed by atoms with E-state index in [-0.39, 0.29) is 11.5 Å². The van der Waals surface area contributed by atoms with Crippen molar-refractivity contribution in [1.29, 1.82) is 0 Å². The molecule has 0 aliphatic carbocycles. The van der Waals surface area contributed by atoms with Crippen molar-refractivity contribution in [2.45, 2.75) is 49.3 Å². The first-order valence-corrected chi connectivity index (χ1v) is 9.65. The summed E-state index contributed by atoms with van der Waals surface area (Å²) in [6.07, 6.45) is -7.09. The molecule has 1 fully saturated rings. The number of ether oxygens (including phenoxy) is 3. The number of aliphatic hydroxyl groups excluding tert-OH is 5. The van der Waals surface area contributed by atoms with Crippen molar-refractivity contribution in [3.05, 3.63) is 29.8 Å². The van der Waals surface area contributed by atoms with Crippen molar-refractivity contribution < 1.29 is 59.9 Å². The third-order valence-electron chi connectivity index (χ3n) is 4.93. The van der Waals surface area contributed by atoms with Gasteiger partial charge in [-0.15, -0.1) is 0 Å². The Morgan fingerprint density at radius 3 is 2.50 bits per heavy atom. The highest BCUT2D eigenvalue weighted by Gasteiger charge is 2.45. The van der Waals surface area contributed by atoms with Gasteiger partial charge in [0, 0.05) is 6.08 Å². The Morgan fingerprint density at radius 1 is 1.19 bits per heavy atom. The van der Waals surface area contributed by atoms with Gasteiger partial charge in [0.2, 0.25) is 0 Å². The molecule has 8 N–H and O–H groups in total. The van der Waals surface area contributed by atoms with Crippen molar-refractivity contribution in [1.82, 2.24) is 0 Å². The van der Waals surface area contributed by atoms with Crippen LogP contribution in [0.25, 0.3) is 6.08 Å². The molecule has 7 unspecified atom stereocenters. The molecule has 0 bridgehead atoms. The fourth-order valence-corrected chi connectivity index (χ4v) is 2.68. The number of carbonyl (C=O) groups is 1. The van der Waals surface area contributed by atoms with Gasteiger partial charge in [0.15, 0.2) is 17.8 Å². The number of benzene rings is 1. The molecular weight excluding hydrogens is 432 g/mol. The first-order valence-electron chi connectivity index (χ1n) is 9.65. The molecule has 180 valence electrons. The quantitative estimate of drug-likeness (QED) is 0.110. The Hall–Kier alpha value is -2.29. The molecule has 0 amide bonds. The number of aromatic hydroxyl groups is 2. The highest BCUT2D eigenvalue weighted by Crippen LogP contribution is 2.26. The highest BCUT2D eigenvalue weighted by atomic mass is 16.7. The van der Waals surface area contributed by atoms with E-state index in [1.807, 2.05) is 0 Å². The van der Waals surface area contributed by atoms with Crippen molar-refractivity contribution in [3.8, 4) is 11.5 Å². The molecule has 1 aliphatic heterocycles. The molecule has 0 saturated carbocycles. The molecule has 0 aromatic heterocycles. The van der Waals surface area contributed by atoms with E-state index < -0.39 is 68.2 Å². The van der Waals surface area contributed by atoms with E-state index in [1.165, 1.54) is 24.3 Å². The average molecular weight is 460 g/mol. The number of hydrogen-bond acceptors (Lipinski definition) is 12. The smallest absolute Gasteiger partial charge is 0.330 e. The summed E-state index contributed by atoms with van der Waals surface area (Å²) in [6.45, 7) is -0.700. The molecule has 12 heteroatoms. The summed E-state index contributed by atoms with van der Waals surface area (Å²) >= 11 is 0. The normalized spacial score (nSPS) is 28.9. The van der Waals surface area contributed by atoms with Gasteiger partial charge in [0.1, 0.15) is 42.7 Å². The minimum Gasteiger partial charge on any atom is -0.504 e. The highest BCUT2D eigenvalue weighted by molar-refractivity contribution is 5.87. The summed E-state index contributed by atoms with van der Waals surface area (Å²) in [7, 11) is 0. The fraction of sp³-hybridized carbons (Fsp3) is 0.550. The molecule has 1 aromatic carbocycles. The summed E-state index contributed by atoms with van der Waals surface area (Å²) in [4.78, 5) is 11.9. The zero-order valence-electron chi connectivity index (χ0n) is 17.2. The number of aliphatic hydroxyl groups is 6. The topological polar surface area (TPSA) is 207 Å². The Labute approximate surface area is 183 Å². The van der Waals surface area contributed by atoms with Crippen LogP contribution < -0.4 is 0 Å². The molecule has 1 aliphatic rings. The summed E-state index contributed by atoms with van der Waals surface area (Å²) in [5.74, 6) is -1.54. The Bertz CT molecular complexity index is 795. The monoisotopic (exact) mass is 460 g/mol. The van der Waals surface area contributed by atoms with Gasteiger partial charge in [-0.05, 0) is 30.7 Å². The van der Waals surface area contributed by atoms with E-state index in [0.29, 0.717) is 5.56 Å². The lowest BCUT2D eigenvalue weighted by Gasteiger charge is -2.40. The average Bonchev–Trinajstić information content (AvgIpc) is 2.76. The first-order chi connectivity index (χ1) is 15.0. The lowest BCUT2D eigenvalue weighted by molar-refractivity contribution is -0.308. The van der Waals surface area contributed by atoms with Crippen molar-refractivity contribution >= 4 is 12.0 Å². The van der Waals surface area contributed by atoms with Crippen LogP contribution in [0.15, 0.2) is 24.3 Å². The second-order valence-corrected chi connectivity index (χ2v) is 7.59. The van der Waals surface area contributed by atoms with Crippen LogP contribution in [-0.2, 0) is 19.0 Å². The summed E-state index contributed by atoms with van der Waals surface area (Å²) < 4.78 is 15.4. The fourth-order valence-electron chi connectivity index (χ4n) is 2.68. The van der Waals surface area contributed by atoms with Crippen LogP contribution in [0, 0.1) is 0 Å². The second-order valence-electron chi connectivity index (χ2n) is 7.59. The van der Waals surface area contributed by atoms with E-state index >= 15 is 0 Å².